The minimum Gasteiger partial charge on any atom is -0.481 e. The lowest BCUT2D eigenvalue weighted by Gasteiger charge is -2.28. The first-order chi connectivity index (χ1) is 43.2. The van der Waals surface area contributed by atoms with E-state index in [2.05, 4.69) is 68.1 Å². The third kappa shape index (κ3) is 17.9. The fourth-order valence-corrected chi connectivity index (χ4v) is 10.2. The van der Waals surface area contributed by atoms with E-state index in [0.717, 1.165) is 18.2 Å². The van der Waals surface area contributed by atoms with Gasteiger partial charge in [0.1, 0.15) is 48.3 Å². The van der Waals surface area contributed by atoms with Crippen molar-refractivity contribution in [1.29, 1.82) is 0 Å². The zero-order valence-corrected chi connectivity index (χ0v) is 48.3. The molecular weight excluding hydrogens is 1170 g/mol. The number of aromatic amines is 2. The van der Waals surface area contributed by atoms with Gasteiger partial charge in [-0.3, -0.25) is 62.3 Å². The average molecular weight is 1230 g/mol. The van der Waals surface area contributed by atoms with Gasteiger partial charge in [0.25, 0.3) is 17.7 Å². The zero-order chi connectivity index (χ0) is 64.4. The number of benzene rings is 4. The van der Waals surface area contributed by atoms with E-state index in [-0.39, 0.29) is 73.9 Å². The number of fused-ring (bicyclic) bond motifs is 9. The number of amides is 12. The number of carboxylic acid groups (broad SMARTS) is 1. The molecule has 0 spiro atoms. The van der Waals surface area contributed by atoms with Crippen molar-refractivity contribution in [3.05, 3.63) is 161 Å². The molecule has 0 fully saturated rings. The Hall–Kier alpha value is -11.3. The number of primary amides is 2. The van der Waals surface area contributed by atoms with Gasteiger partial charge in [0.2, 0.25) is 53.2 Å². The molecule has 470 valence electrons. The van der Waals surface area contributed by atoms with Crippen LogP contribution in [0.5, 0.6) is 0 Å². The molecule has 2 aliphatic rings. The van der Waals surface area contributed by atoms with Crippen LogP contribution in [-0.4, -0.2) is 158 Å². The van der Waals surface area contributed by atoms with Gasteiger partial charge in [-0.15, -0.1) is 0 Å². The predicted octanol–water partition coefficient (Wildman–Crippen LogP) is -2.15. The van der Waals surface area contributed by atoms with Crippen molar-refractivity contribution in [2.45, 2.75) is 106 Å². The quantitative estimate of drug-likeness (QED) is 0.0586. The molecule has 0 saturated carbocycles. The number of carboxylic acids is 1. The molecule has 8 rings (SSSR count). The maximum absolute atomic E-state index is 15.0. The van der Waals surface area contributed by atoms with Crippen LogP contribution in [0.25, 0.3) is 10.9 Å². The number of para-hydroxylation sites is 1. The molecule has 0 radical (unpaired) electrons. The second-order valence-electron chi connectivity index (χ2n) is 21.6. The summed E-state index contributed by atoms with van der Waals surface area (Å²) in [5.74, 6) is -14.3. The summed E-state index contributed by atoms with van der Waals surface area (Å²) in [6.07, 6.45) is 0.980. The number of nitrogens with one attached hydrogen (secondary N) is 12. The third-order valence-corrected chi connectivity index (χ3v) is 14.9. The van der Waals surface area contributed by atoms with Crippen LogP contribution in [-0.2, 0) is 73.6 Å². The van der Waals surface area contributed by atoms with Crippen molar-refractivity contribution >= 4 is 87.8 Å². The van der Waals surface area contributed by atoms with Crippen molar-refractivity contribution in [2.24, 2.45) is 11.5 Å². The van der Waals surface area contributed by atoms with E-state index in [1.54, 1.807) is 91.1 Å². The topological polar surface area (TPSA) is 459 Å². The van der Waals surface area contributed by atoms with Gasteiger partial charge in [0.15, 0.2) is 0 Å². The van der Waals surface area contributed by atoms with Crippen molar-refractivity contribution < 1.29 is 67.4 Å². The standard InChI is InChI=1S/C61H67N15O14/c62-49(77)26-46-60(89)73-45(25-38-29-64-31-68-38)59(88)76-48(51(63)80)30-67-53(82)35-21-34-22-36(23-35)54(83)70-44(24-37-28-66-40-16-8-7-15-39(37)40)58(87)72-43(20-33-13-5-2-6-14-33)57(86)75-47(27-50(78)79)61(90)69-41(17-9-10-18-65-52(34)81)55(84)71-42(56(85)74-46)19-32-11-3-1-4-12-32/h1-8,11-16,21-23,28-29,31,41-48,66H,9-10,17-20,24-27,30H2,(H2,62,77)(H2,63,80)(H,64,68)(H,65,81)(H,67,82)(H,69,90)(H,70,83)(H,71,84)(H,72,87)(H,73,89)(H,74,85)(H,75,86)(H,76,88)(H,78,79)/t41-,42+,43+,44-,45-,46+,47-,48-/m0/s1. The highest BCUT2D eigenvalue weighted by molar-refractivity contribution is 6.06. The zero-order valence-electron chi connectivity index (χ0n) is 48.3. The van der Waals surface area contributed by atoms with E-state index in [4.69, 9.17) is 11.5 Å². The summed E-state index contributed by atoms with van der Waals surface area (Å²) in [6.45, 7) is -0.866. The van der Waals surface area contributed by atoms with Gasteiger partial charge in [-0.1, -0.05) is 78.9 Å². The summed E-state index contributed by atoms with van der Waals surface area (Å²) in [4.78, 5) is 194. The second kappa shape index (κ2) is 30.4. The van der Waals surface area contributed by atoms with Crippen LogP contribution in [0, 0.1) is 0 Å². The summed E-state index contributed by atoms with van der Waals surface area (Å²) in [5, 5.41) is 36.2. The number of aliphatic carboxylic acids is 1. The fraction of sp³-hybridized carbons (Fsp3) is 0.311. The molecule has 0 unspecified atom stereocenters. The van der Waals surface area contributed by atoms with Gasteiger partial charge in [-0.05, 0) is 60.2 Å². The summed E-state index contributed by atoms with van der Waals surface area (Å²) >= 11 is 0. The molecule has 2 aromatic heterocycles. The van der Waals surface area contributed by atoms with E-state index < -0.39 is 145 Å². The maximum Gasteiger partial charge on any atom is 0.305 e. The molecule has 2 aliphatic heterocycles. The number of hydrogen-bond acceptors (Lipinski definition) is 14. The van der Waals surface area contributed by atoms with E-state index >= 15 is 0 Å². The summed E-state index contributed by atoms with van der Waals surface area (Å²) in [7, 11) is 0. The minimum atomic E-state index is -1.94. The first kappa shape index (κ1) is 64.7. The Balaban J connectivity index is 1.25. The Morgan fingerprint density at radius 1 is 0.500 bits per heavy atom. The Morgan fingerprint density at radius 2 is 1.00 bits per heavy atom. The normalized spacial score (nSPS) is 22.3. The van der Waals surface area contributed by atoms with Gasteiger partial charge in [-0.25, -0.2) is 4.98 Å². The van der Waals surface area contributed by atoms with E-state index in [1.807, 2.05) is 0 Å². The summed E-state index contributed by atoms with van der Waals surface area (Å²) < 4.78 is 0. The highest BCUT2D eigenvalue weighted by Gasteiger charge is 2.37. The number of carbonyl (C=O) groups is 13. The van der Waals surface area contributed by atoms with Crippen molar-refractivity contribution in [2.75, 3.05) is 13.1 Å². The number of imidazole rings is 1. The van der Waals surface area contributed by atoms with Gasteiger partial charge >= 0.3 is 5.97 Å². The number of nitrogens with two attached hydrogens (primary N) is 2. The Bertz CT molecular complexity index is 3670. The predicted molar refractivity (Wildman–Crippen MR) is 320 cm³/mol. The molecule has 12 amide bonds. The van der Waals surface area contributed by atoms with Crippen LogP contribution >= 0.6 is 0 Å². The van der Waals surface area contributed by atoms with Crippen molar-refractivity contribution in [3.63, 3.8) is 0 Å². The maximum atomic E-state index is 15.0. The molecule has 0 aliphatic carbocycles. The Morgan fingerprint density at radius 3 is 1.58 bits per heavy atom. The summed E-state index contributed by atoms with van der Waals surface area (Å²) in [5.41, 5.74) is 12.7. The Kier molecular flexibility index (Phi) is 21.9. The van der Waals surface area contributed by atoms with Crippen LogP contribution < -0.4 is 64.6 Å². The molecule has 4 aromatic carbocycles. The van der Waals surface area contributed by atoms with Crippen LogP contribution in [0.2, 0.25) is 0 Å². The SMILES string of the molecule is NC(=O)C[C@H]1NC(=O)[C@@H](Cc2ccccc2)NC(=O)[C@@H]2CCCCNC(=O)c3cc(cc(c3)C(=O)N[C@@H](Cc3c[nH]c4ccccc34)C(=O)N[C@H](Cc3ccccc3)C(=O)N[C@@H](CC(=O)O)C(=O)N2)C(=O)NC[C@@H](C(N)=O)NC(=O)[C@H](Cc2c[nH]cn2)NC1=O. The molecule has 6 aromatic rings. The lowest BCUT2D eigenvalue weighted by molar-refractivity contribution is -0.141. The monoisotopic (exact) mass is 1230 g/mol. The highest BCUT2D eigenvalue weighted by Crippen LogP contribution is 2.21. The lowest BCUT2D eigenvalue weighted by atomic mass is 10.00. The molecule has 29 heteroatoms. The second-order valence-corrected chi connectivity index (χ2v) is 21.6. The number of aromatic nitrogens is 3. The number of carbonyl (C=O) groups excluding carboxylic acids is 12. The number of rotatable bonds is 13. The van der Waals surface area contributed by atoms with Crippen LogP contribution in [0.1, 0.15) is 85.6 Å². The van der Waals surface area contributed by atoms with Gasteiger partial charge in [0.05, 0.1) is 24.9 Å². The van der Waals surface area contributed by atoms with E-state index in [0.29, 0.717) is 27.6 Å². The summed E-state index contributed by atoms with van der Waals surface area (Å²) in [6, 6.07) is 13.3. The highest BCUT2D eigenvalue weighted by atomic mass is 16.4. The molecule has 0 saturated heterocycles. The van der Waals surface area contributed by atoms with Crippen LogP contribution in [0.3, 0.4) is 0 Å². The average Bonchev–Trinajstić information content (AvgIpc) is 3.24. The first-order valence-electron chi connectivity index (χ1n) is 28.7. The number of nitrogens with zero attached hydrogens (tertiary/aromatic N) is 1. The van der Waals surface area contributed by atoms with Gasteiger partial charge in [0, 0.05) is 78.8 Å². The molecular formula is C61H67N15O14. The van der Waals surface area contributed by atoms with Crippen molar-refractivity contribution in [1.82, 2.24) is 68.1 Å². The fourth-order valence-electron chi connectivity index (χ4n) is 10.2. The molecule has 90 heavy (non-hydrogen) atoms. The van der Waals surface area contributed by atoms with Crippen LogP contribution in [0.4, 0.5) is 0 Å². The van der Waals surface area contributed by atoms with Crippen molar-refractivity contribution in [3.8, 4) is 0 Å². The minimum absolute atomic E-state index is 0.0112. The number of H-pyrrole nitrogens is 2. The van der Waals surface area contributed by atoms with Gasteiger partial charge in [-0.2, -0.15) is 0 Å². The first-order valence-corrected chi connectivity index (χ1v) is 28.7. The molecule has 8 atom stereocenters. The molecule has 4 heterocycles. The molecule has 4 bridgehead atoms. The van der Waals surface area contributed by atoms with Gasteiger partial charge < -0.3 is 79.7 Å². The molecule has 29 nitrogen and oxygen atoms in total. The third-order valence-electron chi connectivity index (χ3n) is 14.9. The van der Waals surface area contributed by atoms with Crippen LogP contribution in [0.15, 0.2) is 122 Å². The largest absolute Gasteiger partial charge is 0.481 e. The Labute approximate surface area is 513 Å². The lowest BCUT2D eigenvalue weighted by Crippen LogP contribution is -2.61. The van der Waals surface area contributed by atoms with E-state index in [1.165, 1.54) is 12.5 Å². The molecule has 17 N–H and O–H groups in total. The smallest absolute Gasteiger partial charge is 0.305 e. The number of hydrogen-bond donors (Lipinski definition) is 15. The van der Waals surface area contributed by atoms with E-state index in [9.17, 15) is 67.4 Å².